The van der Waals surface area contributed by atoms with Crippen LogP contribution in [-0.2, 0) is 6.42 Å². The Morgan fingerprint density at radius 1 is 1.45 bits per heavy atom. The summed E-state index contributed by atoms with van der Waals surface area (Å²) < 4.78 is 0. The van der Waals surface area contributed by atoms with Crippen LogP contribution in [0.25, 0.3) is 10.9 Å². The number of rotatable bonds is 1. The van der Waals surface area contributed by atoms with E-state index in [1.165, 1.54) is 16.5 Å². The van der Waals surface area contributed by atoms with E-state index < -0.39 is 0 Å². The first-order chi connectivity index (χ1) is 9.69. The van der Waals surface area contributed by atoms with E-state index in [1.54, 1.807) is 0 Å². The third kappa shape index (κ3) is 1.67. The third-order valence-corrected chi connectivity index (χ3v) is 5.47. The number of benzene rings is 1. The van der Waals surface area contributed by atoms with Crippen molar-refractivity contribution in [1.29, 1.82) is 0 Å². The minimum absolute atomic E-state index is 0.282. The second-order valence-corrected chi connectivity index (χ2v) is 6.67. The van der Waals surface area contributed by atoms with Crippen LogP contribution in [0.5, 0.6) is 0 Å². The molecule has 2 heterocycles. The van der Waals surface area contributed by atoms with Gasteiger partial charge in [0.25, 0.3) is 0 Å². The number of fused-ring (bicyclic) bond motifs is 2. The highest BCUT2D eigenvalue weighted by molar-refractivity contribution is 6.32. The smallest absolute Gasteiger partial charge is 0.110 e. The maximum Gasteiger partial charge on any atom is 0.110 e. The molecule has 1 aliphatic heterocycles. The Morgan fingerprint density at radius 3 is 3.10 bits per heavy atom. The number of halogens is 1. The Bertz CT molecular complexity index is 666. The lowest BCUT2D eigenvalue weighted by atomic mass is 9.72. The van der Waals surface area contributed by atoms with Crippen LogP contribution in [0, 0.1) is 5.92 Å². The predicted octanol–water partition coefficient (Wildman–Crippen LogP) is 2.77. The van der Waals surface area contributed by atoms with E-state index in [0.717, 1.165) is 30.1 Å². The van der Waals surface area contributed by atoms with Gasteiger partial charge in [0.2, 0.25) is 0 Å². The van der Waals surface area contributed by atoms with Gasteiger partial charge in [0.1, 0.15) is 5.15 Å². The molecule has 1 aromatic heterocycles. The Morgan fingerprint density at radius 2 is 2.30 bits per heavy atom. The van der Waals surface area contributed by atoms with Crippen LogP contribution in [-0.4, -0.2) is 41.2 Å². The average molecular weight is 291 g/mol. The van der Waals surface area contributed by atoms with E-state index in [0.29, 0.717) is 17.9 Å². The van der Waals surface area contributed by atoms with Gasteiger partial charge in [0.05, 0.1) is 0 Å². The molecule has 106 valence electrons. The minimum atomic E-state index is 0.282. The van der Waals surface area contributed by atoms with E-state index in [4.69, 9.17) is 11.6 Å². The molecule has 20 heavy (non-hydrogen) atoms. The number of aliphatic hydroxyl groups is 1. The van der Waals surface area contributed by atoms with Crippen LogP contribution >= 0.6 is 11.6 Å². The number of likely N-dealkylation sites (N-methyl/N-ethyl adjacent to an activating group) is 1. The van der Waals surface area contributed by atoms with E-state index in [-0.39, 0.29) is 6.61 Å². The molecule has 1 saturated heterocycles. The van der Waals surface area contributed by atoms with E-state index >= 15 is 0 Å². The van der Waals surface area contributed by atoms with Gasteiger partial charge < -0.3 is 15.0 Å². The number of aromatic amines is 1. The summed E-state index contributed by atoms with van der Waals surface area (Å²) in [5, 5.41) is 11.7. The highest BCUT2D eigenvalue weighted by Crippen LogP contribution is 2.45. The molecule has 1 aromatic carbocycles. The van der Waals surface area contributed by atoms with E-state index in [2.05, 4.69) is 35.1 Å². The molecular formula is C16H19ClN2O. The van der Waals surface area contributed by atoms with Crippen molar-refractivity contribution in [2.45, 2.75) is 24.8 Å². The first-order valence-corrected chi connectivity index (χ1v) is 7.67. The average Bonchev–Trinajstić information content (AvgIpc) is 2.77. The van der Waals surface area contributed by atoms with Gasteiger partial charge in [-0.2, -0.15) is 0 Å². The molecular weight excluding hydrogens is 272 g/mol. The lowest BCUT2D eigenvalue weighted by molar-refractivity contribution is 0.0772. The molecule has 1 unspecified atom stereocenters. The summed E-state index contributed by atoms with van der Waals surface area (Å²) in [6, 6.07) is 6.95. The molecule has 1 aliphatic carbocycles. The molecule has 2 N–H and O–H groups in total. The van der Waals surface area contributed by atoms with Crippen molar-refractivity contribution in [3.8, 4) is 0 Å². The topological polar surface area (TPSA) is 39.3 Å². The molecule has 1 fully saturated rings. The number of H-pyrrole nitrogens is 1. The number of hydrogen-bond acceptors (Lipinski definition) is 2. The van der Waals surface area contributed by atoms with Crippen molar-refractivity contribution < 1.29 is 5.11 Å². The quantitative estimate of drug-likeness (QED) is 0.848. The van der Waals surface area contributed by atoms with Crippen LogP contribution in [0.4, 0.5) is 0 Å². The third-order valence-electron chi connectivity index (χ3n) is 5.14. The fraction of sp³-hybridized carbons (Fsp3) is 0.500. The van der Waals surface area contributed by atoms with Crippen molar-refractivity contribution in [1.82, 2.24) is 9.88 Å². The Kier molecular flexibility index (Phi) is 2.85. The molecule has 2 aromatic rings. The number of aliphatic hydroxyl groups excluding tert-OH is 1. The summed E-state index contributed by atoms with van der Waals surface area (Å²) in [7, 11) is 2.17. The maximum atomic E-state index is 9.54. The zero-order chi connectivity index (χ0) is 13.9. The summed E-state index contributed by atoms with van der Waals surface area (Å²) in [4.78, 5) is 5.71. The number of aromatic nitrogens is 1. The molecule has 2 aliphatic rings. The minimum Gasteiger partial charge on any atom is -0.396 e. The highest BCUT2D eigenvalue weighted by Gasteiger charge is 2.39. The molecule has 4 rings (SSSR count). The summed E-state index contributed by atoms with van der Waals surface area (Å²) >= 11 is 6.39. The first kappa shape index (κ1) is 12.7. The van der Waals surface area contributed by atoms with Gasteiger partial charge in [-0.1, -0.05) is 23.7 Å². The van der Waals surface area contributed by atoms with E-state index in [1.807, 2.05) is 0 Å². The van der Waals surface area contributed by atoms with Gasteiger partial charge in [-0.25, -0.2) is 0 Å². The van der Waals surface area contributed by atoms with Crippen molar-refractivity contribution in [3.05, 3.63) is 34.5 Å². The standard InChI is InChI=1S/C16H19ClN2O/c1-19-7-9(8-20)5-11-10-3-2-4-13-15(10)12(6-14(11)19)16(17)18-13/h2-4,9,11,14,18,20H,5-8H2,1H3/t9?,11-,14-/m0/s1. The summed E-state index contributed by atoms with van der Waals surface area (Å²) in [5.41, 5.74) is 3.82. The first-order valence-electron chi connectivity index (χ1n) is 7.29. The SMILES string of the molecule is CN1CC(CO)C[C@H]2c3cccc4[nH]c(Cl)c(c34)C[C@@H]21. The van der Waals surface area contributed by atoms with Gasteiger partial charge in [0.15, 0.2) is 0 Å². The normalized spacial score (nSPS) is 29.6. The summed E-state index contributed by atoms with van der Waals surface area (Å²) in [6.07, 6.45) is 2.09. The van der Waals surface area contributed by atoms with Crippen LogP contribution < -0.4 is 0 Å². The molecule has 0 saturated carbocycles. The number of likely N-dealkylation sites (tertiary alicyclic amines) is 1. The van der Waals surface area contributed by atoms with Gasteiger partial charge in [0, 0.05) is 36.0 Å². The Balaban J connectivity index is 1.89. The fourth-order valence-corrected chi connectivity index (χ4v) is 4.50. The largest absolute Gasteiger partial charge is 0.396 e. The molecule has 4 heteroatoms. The van der Waals surface area contributed by atoms with Gasteiger partial charge in [-0.3, -0.25) is 0 Å². The van der Waals surface area contributed by atoms with Crippen LogP contribution in [0.15, 0.2) is 18.2 Å². The lowest BCUT2D eigenvalue weighted by Crippen LogP contribution is -2.48. The number of hydrogen-bond donors (Lipinski definition) is 2. The lowest BCUT2D eigenvalue weighted by Gasteiger charge is -2.45. The monoisotopic (exact) mass is 290 g/mol. The summed E-state index contributed by atoms with van der Waals surface area (Å²) in [6.45, 7) is 1.26. The predicted molar refractivity (Wildman–Crippen MR) is 81.4 cm³/mol. The van der Waals surface area contributed by atoms with Crippen LogP contribution in [0.2, 0.25) is 5.15 Å². The molecule has 0 bridgehead atoms. The number of piperidine rings is 1. The molecule has 3 nitrogen and oxygen atoms in total. The van der Waals surface area contributed by atoms with Gasteiger partial charge in [-0.05, 0) is 43.0 Å². The van der Waals surface area contributed by atoms with Crippen LogP contribution in [0.3, 0.4) is 0 Å². The number of nitrogens with one attached hydrogen (secondary N) is 1. The zero-order valence-corrected chi connectivity index (χ0v) is 12.3. The molecule has 0 spiro atoms. The van der Waals surface area contributed by atoms with Gasteiger partial charge in [-0.15, -0.1) is 0 Å². The summed E-state index contributed by atoms with van der Waals surface area (Å²) in [5.74, 6) is 0.890. The second-order valence-electron chi connectivity index (χ2n) is 6.29. The van der Waals surface area contributed by atoms with Crippen LogP contribution in [0.1, 0.15) is 23.5 Å². The van der Waals surface area contributed by atoms with Crippen molar-refractivity contribution in [2.24, 2.45) is 5.92 Å². The van der Waals surface area contributed by atoms with Crippen molar-refractivity contribution >= 4 is 22.5 Å². The van der Waals surface area contributed by atoms with Gasteiger partial charge >= 0.3 is 0 Å². The molecule has 3 atom stereocenters. The zero-order valence-electron chi connectivity index (χ0n) is 11.6. The Hall–Kier alpha value is -1.03. The second kappa shape index (κ2) is 4.48. The Labute approximate surface area is 123 Å². The van der Waals surface area contributed by atoms with Crippen molar-refractivity contribution in [2.75, 3.05) is 20.2 Å². The highest BCUT2D eigenvalue weighted by atomic mass is 35.5. The van der Waals surface area contributed by atoms with Crippen molar-refractivity contribution in [3.63, 3.8) is 0 Å². The fourth-order valence-electron chi connectivity index (χ4n) is 4.23. The molecule has 0 amide bonds. The maximum absolute atomic E-state index is 9.54. The molecule has 0 radical (unpaired) electrons. The van der Waals surface area contributed by atoms with E-state index in [9.17, 15) is 5.11 Å². The number of nitrogens with zero attached hydrogens (tertiary/aromatic N) is 1.